The van der Waals surface area contributed by atoms with Crippen molar-refractivity contribution in [3.8, 4) is 5.75 Å². The fourth-order valence-corrected chi connectivity index (χ4v) is 4.90. The Bertz CT molecular complexity index is 663. The third-order valence-electron chi connectivity index (χ3n) is 5.18. The van der Waals surface area contributed by atoms with E-state index in [1.807, 2.05) is 6.07 Å². The minimum Gasteiger partial charge on any atom is -0.497 e. The monoisotopic (exact) mass is 317 g/mol. The highest BCUT2D eigenvalue weighted by Gasteiger charge is 2.38. The van der Waals surface area contributed by atoms with Gasteiger partial charge in [0.05, 0.1) is 23.9 Å². The summed E-state index contributed by atoms with van der Waals surface area (Å²) in [4.78, 5) is 7.39. The maximum Gasteiger partial charge on any atom is 0.120 e. The van der Waals surface area contributed by atoms with Crippen LogP contribution in [0, 0.1) is 5.41 Å². The quantitative estimate of drug-likeness (QED) is 0.944. The first-order chi connectivity index (χ1) is 10.8. The lowest BCUT2D eigenvalue weighted by molar-refractivity contribution is 0.194. The Hall–Kier alpha value is -1.17. The molecule has 0 atom stereocenters. The van der Waals surface area contributed by atoms with Crippen molar-refractivity contribution in [2.24, 2.45) is 5.41 Å². The maximum atomic E-state index is 5.30. The lowest BCUT2D eigenvalue weighted by atomic mass is 9.78. The van der Waals surface area contributed by atoms with Crippen LogP contribution in [0.5, 0.6) is 5.75 Å². The van der Waals surface area contributed by atoms with Gasteiger partial charge in [0.15, 0.2) is 0 Å². The van der Waals surface area contributed by atoms with Crippen LogP contribution in [0.4, 0.5) is 0 Å². The zero-order valence-electron chi connectivity index (χ0n) is 13.1. The molecule has 0 radical (unpaired) electrons. The summed E-state index contributed by atoms with van der Waals surface area (Å²) in [6.07, 6.45) is 4.02. The van der Waals surface area contributed by atoms with Gasteiger partial charge in [-0.1, -0.05) is 0 Å². The molecule has 0 saturated carbocycles. The van der Waals surface area contributed by atoms with Gasteiger partial charge in [0.25, 0.3) is 0 Å². The molecule has 4 rings (SSSR count). The van der Waals surface area contributed by atoms with Crippen LogP contribution < -0.4 is 10.1 Å². The molecule has 0 amide bonds. The number of nitrogens with zero attached hydrogens (tertiary/aromatic N) is 2. The van der Waals surface area contributed by atoms with Crippen LogP contribution in [0.15, 0.2) is 18.2 Å². The number of ether oxygens (including phenoxy) is 1. The molecule has 5 heteroatoms. The van der Waals surface area contributed by atoms with Crippen LogP contribution >= 0.6 is 11.3 Å². The SMILES string of the molecule is COc1ccc2nc(CN3CCC4(CCNCC4)C3)sc2c1. The molecule has 0 bridgehead atoms. The van der Waals surface area contributed by atoms with Gasteiger partial charge in [-0.2, -0.15) is 0 Å². The van der Waals surface area contributed by atoms with Gasteiger partial charge in [-0.05, 0) is 62.5 Å². The minimum atomic E-state index is 0.575. The van der Waals surface area contributed by atoms with E-state index in [9.17, 15) is 0 Å². The average molecular weight is 317 g/mol. The minimum absolute atomic E-state index is 0.575. The van der Waals surface area contributed by atoms with Crippen LogP contribution in [0.1, 0.15) is 24.3 Å². The average Bonchev–Trinajstić information content (AvgIpc) is 3.11. The second-order valence-corrected chi connectivity index (χ2v) is 7.77. The topological polar surface area (TPSA) is 37.4 Å². The standard InChI is InChI=1S/C17H23N3OS/c1-21-13-2-3-14-15(10-13)22-16(19-14)11-20-9-6-17(12-20)4-7-18-8-5-17/h2-3,10,18H,4-9,11-12H2,1H3. The highest BCUT2D eigenvalue weighted by atomic mass is 32.1. The van der Waals surface area contributed by atoms with E-state index in [-0.39, 0.29) is 0 Å². The van der Waals surface area contributed by atoms with Crippen molar-refractivity contribution in [3.63, 3.8) is 0 Å². The van der Waals surface area contributed by atoms with E-state index >= 15 is 0 Å². The summed E-state index contributed by atoms with van der Waals surface area (Å²) < 4.78 is 6.53. The predicted molar refractivity (Wildman–Crippen MR) is 90.6 cm³/mol. The molecule has 2 saturated heterocycles. The molecule has 4 nitrogen and oxygen atoms in total. The maximum absolute atomic E-state index is 5.30. The fourth-order valence-electron chi connectivity index (χ4n) is 3.87. The van der Waals surface area contributed by atoms with Crippen LogP contribution in [0.2, 0.25) is 0 Å². The Morgan fingerprint density at radius 3 is 3.00 bits per heavy atom. The number of aromatic nitrogens is 1. The fraction of sp³-hybridized carbons (Fsp3) is 0.588. The molecule has 2 aliphatic heterocycles. The molecular formula is C17H23N3OS. The molecule has 3 heterocycles. The molecule has 1 spiro atoms. The van der Waals surface area contributed by atoms with Crippen molar-refractivity contribution in [2.45, 2.75) is 25.8 Å². The summed E-state index contributed by atoms with van der Waals surface area (Å²) in [5.41, 5.74) is 1.67. The third kappa shape index (κ3) is 2.73. The summed E-state index contributed by atoms with van der Waals surface area (Å²) in [6.45, 7) is 5.84. The number of nitrogens with one attached hydrogen (secondary N) is 1. The Balaban J connectivity index is 1.47. The summed E-state index contributed by atoms with van der Waals surface area (Å²) >= 11 is 1.80. The third-order valence-corrected chi connectivity index (χ3v) is 6.18. The number of benzene rings is 1. The van der Waals surface area contributed by atoms with E-state index in [4.69, 9.17) is 9.72 Å². The number of likely N-dealkylation sites (tertiary alicyclic amines) is 1. The van der Waals surface area contributed by atoms with Crippen LogP contribution in [0.3, 0.4) is 0 Å². The predicted octanol–water partition coefficient (Wildman–Crippen LogP) is 2.88. The lowest BCUT2D eigenvalue weighted by Crippen LogP contribution is -2.38. The first-order valence-corrected chi connectivity index (χ1v) is 8.95. The number of methoxy groups -OCH3 is 1. The Kier molecular flexibility index (Phi) is 3.80. The number of rotatable bonds is 3. The van der Waals surface area contributed by atoms with Crippen LogP contribution in [-0.2, 0) is 6.54 Å². The normalized spacial score (nSPS) is 21.7. The Morgan fingerprint density at radius 2 is 2.18 bits per heavy atom. The van der Waals surface area contributed by atoms with Crippen molar-refractivity contribution in [3.05, 3.63) is 23.2 Å². The Labute approximate surface area is 135 Å². The summed E-state index contributed by atoms with van der Waals surface area (Å²) in [5.74, 6) is 0.914. The molecular weight excluding hydrogens is 294 g/mol. The van der Waals surface area contributed by atoms with Crippen molar-refractivity contribution in [2.75, 3.05) is 33.3 Å². The number of hydrogen-bond donors (Lipinski definition) is 1. The van der Waals surface area contributed by atoms with Gasteiger partial charge in [0, 0.05) is 6.54 Å². The van der Waals surface area contributed by atoms with Gasteiger partial charge in [-0.25, -0.2) is 4.98 Å². The molecule has 1 aromatic heterocycles. The smallest absolute Gasteiger partial charge is 0.120 e. The van der Waals surface area contributed by atoms with E-state index in [0.717, 1.165) is 17.8 Å². The van der Waals surface area contributed by atoms with Crippen molar-refractivity contribution >= 4 is 21.6 Å². The molecule has 2 aliphatic rings. The Morgan fingerprint density at radius 1 is 1.32 bits per heavy atom. The zero-order valence-corrected chi connectivity index (χ0v) is 13.9. The van der Waals surface area contributed by atoms with Gasteiger partial charge >= 0.3 is 0 Å². The molecule has 0 unspecified atom stereocenters. The number of fused-ring (bicyclic) bond motifs is 1. The number of hydrogen-bond acceptors (Lipinski definition) is 5. The van der Waals surface area contributed by atoms with Gasteiger partial charge in [-0.3, -0.25) is 4.90 Å². The molecule has 2 fully saturated rings. The van der Waals surface area contributed by atoms with Gasteiger partial charge < -0.3 is 10.1 Å². The molecule has 2 aromatic rings. The van der Waals surface area contributed by atoms with E-state index in [0.29, 0.717) is 5.41 Å². The molecule has 0 aliphatic carbocycles. The molecule has 1 aromatic carbocycles. The van der Waals surface area contributed by atoms with Crippen molar-refractivity contribution < 1.29 is 4.74 Å². The molecule has 1 N–H and O–H groups in total. The summed E-state index contributed by atoms with van der Waals surface area (Å²) in [5, 5.41) is 4.72. The number of thiazole rings is 1. The van der Waals surface area contributed by atoms with E-state index in [1.165, 1.54) is 55.1 Å². The highest BCUT2D eigenvalue weighted by molar-refractivity contribution is 7.18. The van der Waals surface area contributed by atoms with Crippen LogP contribution in [-0.4, -0.2) is 43.2 Å². The van der Waals surface area contributed by atoms with E-state index in [1.54, 1.807) is 18.4 Å². The zero-order chi connectivity index (χ0) is 15.0. The van der Waals surface area contributed by atoms with E-state index in [2.05, 4.69) is 22.3 Å². The van der Waals surface area contributed by atoms with Crippen molar-refractivity contribution in [1.82, 2.24) is 15.2 Å². The summed E-state index contributed by atoms with van der Waals surface area (Å²) in [6, 6.07) is 6.15. The van der Waals surface area contributed by atoms with E-state index < -0.39 is 0 Å². The number of piperidine rings is 1. The summed E-state index contributed by atoms with van der Waals surface area (Å²) in [7, 11) is 1.71. The van der Waals surface area contributed by atoms with Gasteiger partial charge in [0.1, 0.15) is 10.8 Å². The lowest BCUT2D eigenvalue weighted by Gasteiger charge is -2.33. The second kappa shape index (κ2) is 5.80. The first-order valence-electron chi connectivity index (χ1n) is 8.13. The highest BCUT2D eigenvalue weighted by Crippen LogP contribution is 2.39. The first kappa shape index (κ1) is 14.4. The largest absolute Gasteiger partial charge is 0.497 e. The van der Waals surface area contributed by atoms with Gasteiger partial charge in [-0.15, -0.1) is 11.3 Å². The second-order valence-electron chi connectivity index (χ2n) is 6.65. The van der Waals surface area contributed by atoms with Crippen molar-refractivity contribution in [1.29, 1.82) is 0 Å². The molecule has 118 valence electrons. The van der Waals surface area contributed by atoms with Gasteiger partial charge in [0.2, 0.25) is 0 Å². The molecule has 22 heavy (non-hydrogen) atoms. The van der Waals surface area contributed by atoms with Crippen LogP contribution in [0.25, 0.3) is 10.2 Å².